The SMILES string of the molecule is CC(=O)c1ccc(C(=O)C2CCCCC2)cc1. The number of rotatable bonds is 3. The zero-order chi connectivity index (χ0) is 12.3. The van der Waals surface area contributed by atoms with Gasteiger partial charge in [-0.2, -0.15) is 0 Å². The highest BCUT2D eigenvalue weighted by Gasteiger charge is 2.22. The van der Waals surface area contributed by atoms with Crippen LogP contribution in [-0.2, 0) is 0 Å². The van der Waals surface area contributed by atoms with Crippen molar-refractivity contribution in [2.24, 2.45) is 5.92 Å². The average molecular weight is 230 g/mol. The molecule has 0 radical (unpaired) electrons. The molecule has 1 aliphatic carbocycles. The Bertz CT molecular complexity index is 411. The first kappa shape index (κ1) is 12.0. The number of carbonyl (C=O) groups is 2. The second-order valence-electron chi connectivity index (χ2n) is 4.83. The summed E-state index contributed by atoms with van der Waals surface area (Å²) in [6.45, 7) is 1.54. The van der Waals surface area contributed by atoms with E-state index in [0.29, 0.717) is 5.56 Å². The number of ketones is 2. The second-order valence-corrected chi connectivity index (χ2v) is 4.83. The highest BCUT2D eigenvalue weighted by Crippen LogP contribution is 2.26. The standard InChI is InChI=1S/C15H18O2/c1-11(16)12-7-9-14(10-8-12)15(17)13-5-3-2-4-6-13/h7-10,13H,2-6H2,1H3. The summed E-state index contributed by atoms with van der Waals surface area (Å²) in [6.07, 6.45) is 5.64. The Hall–Kier alpha value is -1.44. The van der Waals surface area contributed by atoms with Crippen LogP contribution in [0.1, 0.15) is 59.7 Å². The maximum absolute atomic E-state index is 12.2. The Morgan fingerprint density at radius 1 is 0.941 bits per heavy atom. The fraction of sp³-hybridized carbons (Fsp3) is 0.467. The Labute approximate surface area is 102 Å². The molecule has 0 unspecified atom stereocenters. The van der Waals surface area contributed by atoms with Crippen molar-refractivity contribution in [2.45, 2.75) is 39.0 Å². The van der Waals surface area contributed by atoms with E-state index in [1.54, 1.807) is 24.3 Å². The van der Waals surface area contributed by atoms with Gasteiger partial charge >= 0.3 is 0 Å². The third-order valence-electron chi connectivity index (χ3n) is 3.55. The summed E-state index contributed by atoms with van der Waals surface area (Å²) in [7, 11) is 0. The first-order valence-corrected chi connectivity index (χ1v) is 6.33. The van der Waals surface area contributed by atoms with Gasteiger partial charge in [0.25, 0.3) is 0 Å². The maximum atomic E-state index is 12.2. The van der Waals surface area contributed by atoms with Crippen LogP contribution in [0.2, 0.25) is 0 Å². The van der Waals surface area contributed by atoms with E-state index in [4.69, 9.17) is 0 Å². The molecule has 0 N–H and O–H groups in total. The minimum Gasteiger partial charge on any atom is -0.295 e. The van der Waals surface area contributed by atoms with Gasteiger partial charge in [-0.15, -0.1) is 0 Å². The lowest BCUT2D eigenvalue weighted by atomic mass is 9.84. The van der Waals surface area contributed by atoms with Crippen LogP contribution in [0.3, 0.4) is 0 Å². The van der Waals surface area contributed by atoms with Crippen molar-refractivity contribution in [3.8, 4) is 0 Å². The van der Waals surface area contributed by atoms with E-state index in [9.17, 15) is 9.59 Å². The molecule has 1 aliphatic rings. The summed E-state index contributed by atoms with van der Waals surface area (Å²) in [5, 5.41) is 0. The summed E-state index contributed by atoms with van der Waals surface area (Å²) in [6, 6.07) is 7.07. The lowest BCUT2D eigenvalue weighted by Crippen LogP contribution is -2.17. The predicted octanol–water partition coefficient (Wildman–Crippen LogP) is 3.65. The molecule has 0 spiro atoms. The molecular weight excluding hydrogens is 212 g/mol. The fourth-order valence-electron chi connectivity index (χ4n) is 2.47. The summed E-state index contributed by atoms with van der Waals surface area (Å²) < 4.78 is 0. The molecule has 2 rings (SSSR count). The largest absolute Gasteiger partial charge is 0.295 e. The van der Waals surface area contributed by atoms with Gasteiger partial charge in [0, 0.05) is 17.0 Å². The van der Waals surface area contributed by atoms with Crippen LogP contribution in [0.25, 0.3) is 0 Å². The van der Waals surface area contributed by atoms with Crippen molar-refractivity contribution in [1.82, 2.24) is 0 Å². The molecule has 0 aliphatic heterocycles. The smallest absolute Gasteiger partial charge is 0.165 e. The molecule has 0 heterocycles. The molecule has 0 bridgehead atoms. The van der Waals surface area contributed by atoms with Gasteiger partial charge in [0.1, 0.15) is 0 Å². The van der Waals surface area contributed by atoms with Gasteiger partial charge in [0.05, 0.1) is 0 Å². The quantitative estimate of drug-likeness (QED) is 0.743. The first-order valence-electron chi connectivity index (χ1n) is 6.33. The van der Waals surface area contributed by atoms with Crippen molar-refractivity contribution in [3.05, 3.63) is 35.4 Å². The summed E-state index contributed by atoms with van der Waals surface area (Å²) in [5.74, 6) is 0.494. The van der Waals surface area contributed by atoms with Gasteiger partial charge in [0.15, 0.2) is 11.6 Å². The highest BCUT2D eigenvalue weighted by molar-refractivity contribution is 5.99. The molecular formula is C15H18O2. The number of benzene rings is 1. The van der Waals surface area contributed by atoms with Gasteiger partial charge in [-0.1, -0.05) is 43.5 Å². The van der Waals surface area contributed by atoms with Crippen LogP contribution < -0.4 is 0 Å². The van der Waals surface area contributed by atoms with E-state index in [0.717, 1.165) is 18.4 Å². The van der Waals surface area contributed by atoms with Crippen LogP contribution in [0, 0.1) is 5.92 Å². The zero-order valence-corrected chi connectivity index (χ0v) is 10.2. The van der Waals surface area contributed by atoms with E-state index in [2.05, 4.69) is 0 Å². The molecule has 90 valence electrons. The zero-order valence-electron chi connectivity index (χ0n) is 10.2. The van der Waals surface area contributed by atoms with Gasteiger partial charge in [-0.25, -0.2) is 0 Å². The van der Waals surface area contributed by atoms with Crippen molar-refractivity contribution in [3.63, 3.8) is 0 Å². The van der Waals surface area contributed by atoms with Gasteiger partial charge in [-0.05, 0) is 19.8 Å². The fourth-order valence-corrected chi connectivity index (χ4v) is 2.47. The van der Waals surface area contributed by atoms with Gasteiger partial charge in [-0.3, -0.25) is 9.59 Å². The molecule has 0 aromatic heterocycles. The first-order chi connectivity index (χ1) is 8.18. The molecule has 2 heteroatoms. The molecule has 0 atom stereocenters. The van der Waals surface area contributed by atoms with Crippen molar-refractivity contribution in [2.75, 3.05) is 0 Å². The molecule has 1 fully saturated rings. The molecule has 17 heavy (non-hydrogen) atoms. The normalized spacial score (nSPS) is 16.8. The van der Waals surface area contributed by atoms with E-state index in [1.165, 1.54) is 26.2 Å². The average Bonchev–Trinajstić information content (AvgIpc) is 2.39. The van der Waals surface area contributed by atoms with Crippen LogP contribution in [0.15, 0.2) is 24.3 Å². The molecule has 1 aromatic rings. The van der Waals surface area contributed by atoms with Crippen molar-refractivity contribution >= 4 is 11.6 Å². The molecule has 2 nitrogen and oxygen atoms in total. The Morgan fingerprint density at radius 2 is 1.47 bits per heavy atom. The molecule has 0 saturated heterocycles. The summed E-state index contributed by atoms with van der Waals surface area (Å²) in [5.41, 5.74) is 1.42. The number of hydrogen-bond donors (Lipinski definition) is 0. The van der Waals surface area contributed by atoms with E-state index in [-0.39, 0.29) is 17.5 Å². The third kappa shape index (κ3) is 2.82. The number of hydrogen-bond acceptors (Lipinski definition) is 2. The van der Waals surface area contributed by atoms with Crippen molar-refractivity contribution in [1.29, 1.82) is 0 Å². The van der Waals surface area contributed by atoms with Crippen LogP contribution >= 0.6 is 0 Å². The van der Waals surface area contributed by atoms with E-state index in [1.807, 2.05) is 0 Å². The number of carbonyl (C=O) groups excluding carboxylic acids is 2. The lowest BCUT2D eigenvalue weighted by Gasteiger charge is -2.20. The molecule has 0 amide bonds. The Morgan fingerprint density at radius 3 is 2.00 bits per heavy atom. The summed E-state index contributed by atoms with van der Waals surface area (Å²) in [4.78, 5) is 23.3. The second kappa shape index (κ2) is 5.26. The van der Waals surface area contributed by atoms with Crippen LogP contribution in [0.5, 0.6) is 0 Å². The maximum Gasteiger partial charge on any atom is 0.165 e. The summed E-state index contributed by atoms with van der Waals surface area (Å²) >= 11 is 0. The monoisotopic (exact) mass is 230 g/mol. The van der Waals surface area contributed by atoms with Crippen LogP contribution in [0.4, 0.5) is 0 Å². The Balaban J connectivity index is 2.10. The topological polar surface area (TPSA) is 34.1 Å². The minimum absolute atomic E-state index is 0.0432. The predicted molar refractivity (Wildman–Crippen MR) is 67.4 cm³/mol. The van der Waals surface area contributed by atoms with E-state index < -0.39 is 0 Å². The molecule has 1 aromatic carbocycles. The minimum atomic E-state index is 0.0432. The van der Waals surface area contributed by atoms with Gasteiger partial charge in [0.2, 0.25) is 0 Å². The molecule has 1 saturated carbocycles. The van der Waals surface area contributed by atoms with Gasteiger partial charge < -0.3 is 0 Å². The third-order valence-corrected chi connectivity index (χ3v) is 3.55. The van der Waals surface area contributed by atoms with Crippen molar-refractivity contribution < 1.29 is 9.59 Å². The highest BCUT2D eigenvalue weighted by atomic mass is 16.1. The lowest BCUT2D eigenvalue weighted by molar-refractivity contribution is 0.0888. The number of Topliss-reactive ketones (excluding diaryl/α,β-unsaturated/α-hetero) is 2. The Kier molecular flexibility index (Phi) is 3.72. The van der Waals surface area contributed by atoms with E-state index >= 15 is 0 Å². The van der Waals surface area contributed by atoms with Crippen LogP contribution in [-0.4, -0.2) is 11.6 Å².